The van der Waals surface area contributed by atoms with Gasteiger partial charge in [0.1, 0.15) is 0 Å². The number of Topliss-reactive ketones (excluding diaryl/α,β-unsaturated/α-hetero) is 1. The molecule has 0 aromatic carbocycles. The Bertz CT molecular complexity index is 141. The van der Waals surface area contributed by atoms with Gasteiger partial charge in [-0.15, -0.1) is 0 Å². The zero-order chi connectivity index (χ0) is 7.98. The van der Waals surface area contributed by atoms with Crippen molar-refractivity contribution in [3.8, 4) is 0 Å². The Labute approximate surface area is 61.3 Å². The van der Waals surface area contributed by atoms with Crippen molar-refractivity contribution in [2.45, 2.75) is 20.3 Å². The third kappa shape index (κ3) is 4.21. The number of nitrogens with zero attached hydrogens (tertiary/aromatic N) is 1. The highest BCUT2D eigenvalue weighted by molar-refractivity contribution is 6.37. The molecule has 0 atom stereocenters. The molecular weight excluding hydrogens is 128 g/mol. The maximum Gasteiger partial charge on any atom is 0.173 e. The molecule has 0 spiro atoms. The molecule has 0 unspecified atom stereocenters. The lowest BCUT2D eigenvalue weighted by Crippen LogP contribution is -2.07. The second-order valence-electron chi connectivity index (χ2n) is 2.17. The standard InChI is InChI=1S/C7H14N2O/c1-6(7(2)10)9-5-3-4-8/h3-5,8H2,1-2H3. The minimum Gasteiger partial charge on any atom is -0.330 e. The van der Waals surface area contributed by atoms with Crippen LogP contribution in [0.25, 0.3) is 0 Å². The number of carbonyl (C=O) groups is 1. The minimum atomic E-state index is 0.0389. The van der Waals surface area contributed by atoms with Crippen LogP contribution in [0.2, 0.25) is 0 Å². The molecular formula is C7H14N2O. The molecule has 3 heteroatoms. The fourth-order valence-corrected chi connectivity index (χ4v) is 0.449. The molecule has 0 saturated carbocycles. The van der Waals surface area contributed by atoms with Gasteiger partial charge in [0.2, 0.25) is 0 Å². The average Bonchev–Trinajstić information content (AvgIpc) is 1.88. The molecule has 0 amide bonds. The van der Waals surface area contributed by atoms with Crippen molar-refractivity contribution in [3.05, 3.63) is 0 Å². The molecule has 0 bridgehead atoms. The van der Waals surface area contributed by atoms with Gasteiger partial charge in [0, 0.05) is 13.5 Å². The van der Waals surface area contributed by atoms with E-state index in [4.69, 9.17) is 5.73 Å². The summed E-state index contributed by atoms with van der Waals surface area (Å²) in [4.78, 5) is 14.6. The maximum absolute atomic E-state index is 10.6. The number of hydrogen-bond acceptors (Lipinski definition) is 3. The number of rotatable bonds is 4. The molecule has 3 nitrogen and oxygen atoms in total. The number of aliphatic imine (C=N–C) groups is 1. The summed E-state index contributed by atoms with van der Waals surface area (Å²) in [6.07, 6.45) is 0.852. The van der Waals surface area contributed by atoms with Gasteiger partial charge in [-0.1, -0.05) is 0 Å². The van der Waals surface area contributed by atoms with E-state index >= 15 is 0 Å². The van der Waals surface area contributed by atoms with Crippen LogP contribution in [0.1, 0.15) is 20.3 Å². The molecule has 10 heavy (non-hydrogen) atoms. The van der Waals surface area contributed by atoms with E-state index < -0.39 is 0 Å². The molecule has 0 radical (unpaired) electrons. The Hall–Kier alpha value is -0.700. The third-order valence-electron chi connectivity index (χ3n) is 1.22. The van der Waals surface area contributed by atoms with Crippen molar-refractivity contribution in [2.24, 2.45) is 10.7 Å². The van der Waals surface area contributed by atoms with E-state index in [2.05, 4.69) is 4.99 Å². The summed E-state index contributed by atoms with van der Waals surface area (Å²) in [7, 11) is 0. The Morgan fingerprint density at radius 2 is 2.10 bits per heavy atom. The van der Waals surface area contributed by atoms with Crippen LogP contribution in [0.3, 0.4) is 0 Å². The zero-order valence-electron chi connectivity index (χ0n) is 6.55. The van der Waals surface area contributed by atoms with Gasteiger partial charge >= 0.3 is 0 Å². The molecule has 2 N–H and O–H groups in total. The van der Waals surface area contributed by atoms with Crippen LogP contribution in [0.5, 0.6) is 0 Å². The van der Waals surface area contributed by atoms with Crippen LogP contribution >= 0.6 is 0 Å². The fraction of sp³-hybridized carbons (Fsp3) is 0.714. The molecule has 0 fully saturated rings. The highest BCUT2D eigenvalue weighted by atomic mass is 16.1. The van der Waals surface area contributed by atoms with E-state index in [1.807, 2.05) is 0 Å². The number of carbonyl (C=O) groups excluding carboxylic acids is 1. The summed E-state index contributed by atoms with van der Waals surface area (Å²) in [5.74, 6) is 0.0389. The molecule has 0 aliphatic carbocycles. The molecule has 58 valence electrons. The summed E-state index contributed by atoms with van der Waals surface area (Å²) < 4.78 is 0. The second kappa shape index (κ2) is 5.11. The van der Waals surface area contributed by atoms with Crippen LogP contribution in [0, 0.1) is 0 Å². The molecule has 0 saturated heterocycles. The molecule has 0 rings (SSSR count). The van der Waals surface area contributed by atoms with Crippen LogP contribution in [-0.2, 0) is 4.79 Å². The van der Waals surface area contributed by atoms with Crippen molar-refractivity contribution in [3.63, 3.8) is 0 Å². The monoisotopic (exact) mass is 142 g/mol. The Kier molecular flexibility index (Phi) is 4.76. The number of hydrogen-bond donors (Lipinski definition) is 1. The number of ketones is 1. The van der Waals surface area contributed by atoms with Crippen molar-refractivity contribution in [1.29, 1.82) is 0 Å². The van der Waals surface area contributed by atoms with E-state index in [0.29, 0.717) is 18.8 Å². The number of nitrogens with two attached hydrogens (primary N) is 1. The van der Waals surface area contributed by atoms with Gasteiger partial charge in [-0.05, 0) is 19.9 Å². The van der Waals surface area contributed by atoms with Gasteiger partial charge in [0.05, 0.1) is 5.71 Å². The maximum atomic E-state index is 10.6. The van der Waals surface area contributed by atoms with E-state index in [0.717, 1.165) is 6.42 Å². The third-order valence-corrected chi connectivity index (χ3v) is 1.22. The van der Waals surface area contributed by atoms with Gasteiger partial charge < -0.3 is 5.73 Å². The molecule has 0 aromatic heterocycles. The van der Waals surface area contributed by atoms with E-state index in [9.17, 15) is 4.79 Å². The van der Waals surface area contributed by atoms with Crippen LogP contribution in [0.15, 0.2) is 4.99 Å². The SMILES string of the molecule is CC(=O)C(C)=NCCCN. The first-order chi connectivity index (χ1) is 4.68. The van der Waals surface area contributed by atoms with Gasteiger partial charge in [0.25, 0.3) is 0 Å². The van der Waals surface area contributed by atoms with Crippen LogP contribution < -0.4 is 5.73 Å². The topological polar surface area (TPSA) is 55.5 Å². The highest BCUT2D eigenvalue weighted by Gasteiger charge is 1.94. The lowest BCUT2D eigenvalue weighted by molar-refractivity contribution is -0.111. The first-order valence-electron chi connectivity index (χ1n) is 3.40. The van der Waals surface area contributed by atoms with E-state index in [1.54, 1.807) is 6.92 Å². The van der Waals surface area contributed by atoms with Crippen LogP contribution in [0.4, 0.5) is 0 Å². The highest BCUT2D eigenvalue weighted by Crippen LogP contribution is 1.82. The smallest absolute Gasteiger partial charge is 0.173 e. The van der Waals surface area contributed by atoms with E-state index in [1.165, 1.54) is 6.92 Å². The predicted octanol–water partition coefficient (Wildman–Crippen LogP) is 0.385. The lowest BCUT2D eigenvalue weighted by Gasteiger charge is -1.93. The second-order valence-corrected chi connectivity index (χ2v) is 2.17. The molecule has 0 heterocycles. The Morgan fingerprint density at radius 1 is 1.50 bits per heavy atom. The van der Waals surface area contributed by atoms with Gasteiger partial charge in [-0.25, -0.2) is 0 Å². The van der Waals surface area contributed by atoms with Crippen molar-refractivity contribution < 1.29 is 4.79 Å². The molecule has 0 aromatic rings. The van der Waals surface area contributed by atoms with Crippen LogP contribution in [-0.4, -0.2) is 24.6 Å². The van der Waals surface area contributed by atoms with E-state index in [-0.39, 0.29) is 5.78 Å². The van der Waals surface area contributed by atoms with Gasteiger partial charge in [-0.2, -0.15) is 0 Å². The summed E-state index contributed by atoms with van der Waals surface area (Å²) in [6, 6.07) is 0. The summed E-state index contributed by atoms with van der Waals surface area (Å²) >= 11 is 0. The average molecular weight is 142 g/mol. The zero-order valence-corrected chi connectivity index (χ0v) is 6.55. The molecule has 0 aliphatic rings. The summed E-state index contributed by atoms with van der Waals surface area (Å²) in [6.45, 7) is 4.54. The van der Waals surface area contributed by atoms with Crippen molar-refractivity contribution in [1.82, 2.24) is 0 Å². The largest absolute Gasteiger partial charge is 0.330 e. The normalized spacial score (nSPS) is 11.7. The van der Waals surface area contributed by atoms with Gasteiger partial charge in [0.15, 0.2) is 5.78 Å². The Morgan fingerprint density at radius 3 is 2.50 bits per heavy atom. The lowest BCUT2D eigenvalue weighted by atomic mass is 10.3. The first kappa shape index (κ1) is 9.30. The quantitative estimate of drug-likeness (QED) is 0.456. The molecule has 0 aliphatic heterocycles. The fourth-order valence-electron chi connectivity index (χ4n) is 0.449. The van der Waals surface area contributed by atoms with Gasteiger partial charge in [-0.3, -0.25) is 9.79 Å². The summed E-state index contributed by atoms with van der Waals surface area (Å²) in [5.41, 5.74) is 5.83. The predicted molar refractivity (Wildman–Crippen MR) is 42.3 cm³/mol. The van der Waals surface area contributed by atoms with Crippen molar-refractivity contribution >= 4 is 11.5 Å². The van der Waals surface area contributed by atoms with Crippen molar-refractivity contribution in [2.75, 3.05) is 13.1 Å². The Balaban J connectivity index is 3.58. The summed E-state index contributed by atoms with van der Waals surface area (Å²) in [5, 5.41) is 0. The first-order valence-corrected chi connectivity index (χ1v) is 3.40. The minimum absolute atomic E-state index is 0.0389.